The Labute approximate surface area is 114 Å². The summed E-state index contributed by atoms with van der Waals surface area (Å²) in [6, 6.07) is 4.80. The average molecular weight is 318 g/mol. The highest BCUT2D eigenvalue weighted by Crippen LogP contribution is 2.24. The number of rotatable bonds is 5. The molecule has 0 heterocycles. The Morgan fingerprint density at radius 1 is 1.59 bits per heavy atom. The van der Waals surface area contributed by atoms with E-state index in [4.69, 9.17) is 0 Å². The molecular formula is C12H16BrNO2S. The number of phenols is 1. The van der Waals surface area contributed by atoms with Crippen molar-refractivity contribution in [3.05, 3.63) is 28.2 Å². The lowest BCUT2D eigenvalue weighted by atomic mass is 10.2. The first-order valence-corrected chi connectivity index (χ1v) is 7.49. The highest BCUT2D eigenvalue weighted by molar-refractivity contribution is 9.10. The Kier molecular flexibility index (Phi) is 5.85. The summed E-state index contributed by atoms with van der Waals surface area (Å²) in [7, 11) is 0. The first-order valence-electron chi connectivity index (χ1n) is 5.30. The predicted octanol–water partition coefficient (Wildman–Crippen LogP) is 2.88. The van der Waals surface area contributed by atoms with Gasteiger partial charge in [-0.25, -0.2) is 0 Å². The summed E-state index contributed by atoms with van der Waals surface area (Å²) in [5.74, 6) is 1.39. The second kappa shape index (κ2) is 6.91. The van der Waals surface area contributed by atoms with Crippen molar-refractivity contribution in [3.8, 4) is 5.75 Å². The molecule has 1 unspecified atom stereocenters. The van der Waals surface area contributed by atoms with E-state index in [0.29, 0.717) is 22.5 Å². The van der Waals surface area contributed by atoms with Crippen LogP contribution in [0.3, 0.4) is 0 Å². The summed E-state index contributed by atoms with van der Waals surface area (Å²) in [6.07, 6.45) is 2.05. The highest BCUT2D eigenvalue weighted by atomic mass is 79.9. The third-order valence-corrected chi connectivity index (χ3v) is 3.84. The number of amides is 1. The molecule has 0 radical (unpaired) electrons. The molecule has 1 amide bonds. The summed E-state index contributed by atoms with van der Waals surface area (Å²) in [4.78, 5) is 11.8. The Balaban J connectivity index is 2.55. The number of nitrogens with one attached hydrogen (secondary N) is 1. The van der Waals surface area contributed by atoms with Crippen molar-refractivity contribution in [1.82, 2.24) is 5.32 Å². The second-order valence-corrected chi connectivity index (χ2v) is 5.70. The van der Waals surface area contributed by atoms with Gasteiger partial charge in [0.25, 0.3) is 5.91 Å². The van der Waals surface area contributed by atoms with Crippen LogP contribution >= 0.6 is 27.7 Å². The third kappa shape index (κ3) is 4.60. The number of hydrogen-bond acceptors (Lipinski definition) is 3. The maximum atomic E-state index is 11.8. The van der Waals surface area contributed by atoms with Gasteiger partial charge in [-0.3, -0.25) is 4.79 Å². The number of phenolic OH excluding ortho intramolecular Hbond substituents is 1. The number of thioether (sulfide) groups is 1. The molecule has 0 bridgehead atoms. The largest absolute Gasteiger partial charge is 0.507 e. The average Bonchev–Trinajstić information content (AvgIpc) is 2.30. The minimum absolute atomic E-state index is 0.0785. The molecule has 0 aromatic heterocycles. The smallest absolute Gasteiger partial charge is 0.251 e. The first-order chi connectivity index (χ1) is 8.04. The van der Waals surface area contributed by atoms with E-state index in [1.54, 1.807) is 23.9 Å². The zero-order valence-electron chi connectivity index (χ0n) is 9.87. The molecule has 0 aliphatic heterocycles. The van der Waals surface area contributed by atoms with Crippen molar-refractivity contribution in [2.75, 3.05) is 18.6 Å². The molecule has 0 aliphatic carbocycles. The standard InChI is InChI=1S/C12H16BrNO2S/c1-8(7-17-2)6-14-12(16)9-3-4-10(13)11(15)5-9/h3-5,8,15H,6-7H2,1-2H3,(H,14,16). The first kappa shape index (κ1) is 14.4. The van der Waals surface area contributed by atoms with Crippen LogP contribution < -0.4 is 5.32 Å². The molecular weight excluding hydrogens is 302 g/mol. The van der Waals surface area contributed by atoms with Crippen LogP contribution in [-0.4, -0.2) is 29.6 Å². The van der Waals surface area contributed by atoms with Crippen LogP contribution in [0.15, 0.2) is 22.7 Å². The van der Waals surface area contributed by atoms with Gasteiger partial charge in [0.2, 0.25) is 0 Å². The molecule has 2 N–H and O–H groups in total. The maximum absolute atomic E-state index is 11.8. The number of benzene rings is 1. The van der Waals surface area contributed by atoms with Crippen molar-refractivity contribution >= 4 is 33.6 Å². The molecule has 0 aliphatic rings. The summed E-state index contributed by atoms with van der Waals surface area (Å²) in [5, 5.41) is 12.3. The van der Waals surface area contributed by atoms with Crippen molar-refractivity contribution < 1.29 is 9.90 Å². The van der Waals surface area contributed by atoms with Gasteiger partial charge in [0.1, 0.15) is 5.75 Å². The second-order valence-electron chi connectivity index (χ2n) is 3.94. The minimum Gasteiger partial charge on any atom is -0.507 e. The Bertz CT molecular complexity index is 398. The van der Waals surface area contributed by atoms with E-state index in [2.05, 4.69) is 28.2 Å². The number of aromatic hydroxyl groups is 1. The van der Waals surface area contributed by atoms with Crippen LogP contribution in [0.1, 0.15) is 17.3 Å². The van der Waals surface area contributed by atoms with Crippen LogP contribution in [0.4, 0.5) is 0 Å². The molecule has 0 fully saturated rings. The fraction of sp³-hybridized carbons (Fsp3) is 0.417. The minimum atomic E-state index is -0.152. The van der Waals surface area contributed by atoms with Gasteiger partial charge in [-0.2, -0.15) is 11.8 Å². The SMILES string of the molecule is CSCC(C)CNC(=O)c1ccc(Br)c(O)c1. The lowest BCUT2D eigenvalue weighted by molar-refractivity contribution is 0.0949. The van der Waals surface area contributed by atoms with E-state index in [1.807, 2.05) is 6.26 Å². The fourth-order valence-corrected chi connectivity index (χ4v) is 2.30. The van der Waals surface area contributed by atoms with Crippen LogP contribution in [0.5, 0.6) is 5.75 Å². The van der Waals surface area contributed by atoms with Gasteiger partial charge in [0.05, 0.1) is 4.47 Å². The van der Waals surface area contributed by atoms with E-state index in [0.717, 1.165) is 5.75 Å². The van der Waals surface area contributed by atoms with Crippen molar-refractivity contribution in [3.63, 3.8) is 0 Å². The van der Waals surface area contributed by atoms with Crippen molar-refractivity contribution in [2.24, 2.45) is 5.92 Å². The molecule has 1 atom stereocenters. The van der Waals surface area contributed by atoms with Gasteiger partial charge >= 0.3 is 0 Å². The van der Waals surface area contributed by atoms with Crippen LogP contribution in [-0.2, 0) is 0 Å². The Hall–Kier alpha value is -0.680. The molecule has 0 saturated heterocycles. The van der Waals surface area contributed by atoms with Gasteiger partial charge in [-0.15, -0.1) is 0 Å². The van der Waals surface area contributed by atoms with E-state index in [9.17, 15) is 9.90 Å². The van der Waals surface area contributed by atoms with Crippen LogP contribution in [0.2, 0.25) is 0 Å². The predicted molar refractivity (Wildman–Crippen MR) is 75.7 cm³/mol. The zero-order valence-corrected chi connectivity index (χ0v) is 12.3. The molecule has 94 valence electrons. The van der Waals surface area contributed by atoms with E-state index >= 15 is 0 Å². The van der Waals surface area contributed by atoms with Crippen LogP contribution in [0, 0.1) is 5.92 Å². The molecule has 1 aromatic rings. The van der Waals surface area contributed by atoms with Crippen LogP contribution in [0.25, 0.3) is 0 Å². The molecule has 3 nitrogen and oxygen atoms in total. The molecule has 0 spiro atoms. The van der Waals surface area contributed by atoms with Gasteiger partial charge in [0.15, 0.2) is 0 Å². The molecule has 0 saturated carbocycles. The quantitative estimate of drug-likeness (QED) is 0.878. The number of carbonyl (C=O) groups is 1. The molecule has 5 heteroatoms. The summed E-state index contributed by atoms with van der Waals surface area (Å²) in [5.41, 5.74) is 0.474. The molecule has 17 heavy (non-hydrogen) atoms. The third-order valence-electron chi connectivity index (χ3n) is 2.27. The lowest BCUT2D eigenvalue weighted by Crippen LogP contribution is -2.29. The van der Waals surface area contributed by atoms with Crippen molar-refractivity contribution in [2.45, 2.75) is 6.92 Å². The monoisotopic (exact) mass is 317 g/mol. The van der Waals surface area contributed by atoms with Gasteiger partial charge in [-0.05, 0) is 52.1 Å². The van der Waals surface area contributed by atoms with E-state index in [-0.39, 0.29) is 11.7 Å². The van der Waals surface area contributed by atoms with Crippen molar-refractivity contribution in [1.29, 1.82) is 0 Å². The highest BCUT2D eigenvalue weighted by Gasteiger charge is 2.09. The fourth-order valence-electron chi connectivity index (χ4n) is 1.37. The molecule has 1 aromatic carbocycles. The summed E-state index contributed by atoms with van der Waals surface area (Å²) in [6.45, 7) is 2.74. The Morgan fingerprint density at radius 3 is 2.88 bits per heavy atom. The zero-order chi connectivity index (χ0) is 12.8. The number of carbonyl (C=O) groups excluding carboxylic acids is 1. The van der Waals surface area contributed by atoms with E-state index in [1.165, 1.54) is 6.07 Å². The normalized spacial score (nSPS) is 12.2. The topological polar surface area (TPSA) is 49.3 Å². The molecule has 1 rings (SSSR count). The lowest BCUT2D eigenvalue weighted by Gasteiger charge is -2.11. The number of hydrogen-bond donors (Lipinski definition) is 2. The van der Waals surface area contributed by atoms with Gasteiger partial charge in [-0.1, -0.05) is 6.92 Å². The van der Waals surface area contributed by atoms with E-state index < -0.39 is 0 Å². The van der Waals surface area contributed by atoms with Gasteiger partial charge < -0.3 is 10.4 Å². The maximum Gasteiger partial charge on any atom is 0.251 e. The summed E-state index contributed by atoms with van der Waals surface area (Å²) >= 11 is 4.94. The summed E-state index contributed by atoms with van der Waals surface area (Å²) < 4.78 is 0.588. The number of halogens is 1. The Morgan fingerprint density at radius 2 is 2.29 bits per heavy atom. The van der Waals surface area contributed by atoms with Gasteiger partial charge in [0, 0.05) is 12.1 Å².